The third kappa shape index (κ3) is 3.21. The lowest BCUT2D eigenvalue weighted by molar-refractivity contribution is -0.134. The van der Waals surface area contributed by atoms with Gasteiger partial charge in [0.25, 0.3) is 0 Å². The van der Waals surface area contributed by atoms with E-state index in [-0.39, 0.29) is 24.9 Å². The molecule has 0 radical (unpaired) electrons. The molecule has 2 amide bonds. The smallest absolute Gasteiger partial charge is 0.246 e. The van der Waals surface area contributed by atoms with Gasteiger partial charge in [0.05, 0.1) is 0 Å². The highest BCUT2D eigenvalue weighted by Gasteiger charge is 2.24. The van der Waals surface area contributed by atoms with Gasteiger partial charge in [-0.3, -0.25) is 25.3 Å². The number of nitrogens with zero attached hydrogens (tertiary/aromatic N) is 2. The van der Waals surface area contributed by atoms with Crippen molar-refractivity contribution in [2.24, 2.45) is 10.8 Å². The highest BCUT2D eigenvalue weighted by Crippen LogP contribution is 1.95. The number of hydrogen-bond acceptors (Lipinski definition) is 4. The van der Waals surface area contributed by atoms with Crippen LogP contribution < -0.4 is 16.6 Å². The predicted molar refractivity (Wildman–Crippen MR) is 54.6 cm³/mol. The lowest BCUT2D eigenvalue weighted by atomic mass is 10.3. The van der Waals surface area contributed by atoms with Gasteiger partial charge in [-0.05, 0) is 6.42 Å². The van der Waals surface area contributed by atoms with Crippen LogP contribution in [0.4, 0.5) is 0 Å². The van der Waals surface area contributed by atoms with Crippen LogP contribution in [0.2, 0.25) is 0 Å². The molecule has 1 aliphatic rings. The number of hydrazine groups is 1. The average Bonchev–Trinajstić information content (AvgIpc) is 2.17. The van der Waals surface area contributed by atoms with Gasteiger partial charge in [0, 0.05) is 6.54 Å². The average molecular weight is 213 g/mol. The Morgan fingerprint density at radius 3 is 2.60 bits per heavy atom. The van der Waals surface area contributed by atoms with Crippen LogP contribution in [-0.4, -0.2) is 42.3 Å². The molecule has 1 rings (SSSR count). The lowest BCUT2D eigenvalue weighted by Gasteiger charge is -2.27. The molecule has 1 saturated heterocycles. The first-order valence-electron chi connectivity index (χ1n) is 4.76. The summed E-state index contributed by atoms with van der Waals surface area (Å²) in [5, 5.41) is 2.20. The Kier molecular flexibility index (Phi) is 4.04. The van der Waals surface area contributed by atoms with Gasteiger partial charge in [-0.25, -0.2) is 5.84 Å². The van der Waals surface area contributed by atoms with Crippen molar-refractivity contribution in [2.75, 3.05) is 19.6 Å². The fourth-order valence-electron chi connectivity index (χ4n) is 1.24. The van der Waals surface area contributed by atoms with Crippen molar-refractivity contribution in [3.05, 3.63) is 0 Å². The number of nitrogens with one attached hydrogen (secondary N) is 2. The van der Waals surface area contributed by atoms with Gasteiger partial charge in [0.2, 0.25) is 17.8 Å². The molecule has 0 aromatic rings. The molecule has 0 aromatic carbocycles. The monoisotopic (exact) mass is 213 g/mol. The summed E-state index contributed by atoms with van der Waals surface area (Å²) >= 11 is 0. The maximum absolute atomic E-state index is 11.1. The molecule has 0 atom stereocenters. The Morgan fingerprint density at radius 2 is 2.13 bits per heavy atom. The van der Waals surface area contributed by atoms with E-state index in [1.54, 1.807) is 0 Å². The Morgan fingerprint density at radius 1 is 1.53 bits per heavy atom. The zero-order valence-electron chi connectivity index (χ0n) is 8.62. The minimum absolute atomic E-state index is 0.0957. The van der Waals surface area contributed by atoms with Crippen LogP contribution in [-0.2, 0) is 9.59 Å². The van der Waals surface area contributed by atoms with E-state index < -0.39 is 0 Å². The van der Waals surface area contributed by atoms with E-state index in [4.69, 9.17) is 5.84 Å². The van der Waals surface area contributed by atoms with Crippen LogP contribution in [0.3, 0.4) is 0 Å². The number of nitrogens with two attached hydrogens (primary N) is 1. The summed E-state index contributed by atoms with van der Waals surface area (Å²) in [6, 6.07) is 0. The normalized spacial score (nSPS) is 17.7. The van der Waals surface area contributed by atoms with Gasteiger partial charge >= 0.3 is 0 Å². The van der Waals surface area contributed by atoms with Crippen LogP contribution in [0.15, 0.2) is 4.99 Å². The van der Waals surface area contributed by atoms with E-state index in [1.165, 1.54) is 4.90 Å². The summed E-state index contributed by atoms with van der Waals surface area (Å²) < 4.78 is 0. The van der Waals surface area contributed by atoms with Crippen LogP contribution in [0, 0.1) is 0 Å². The Bertz CT molecular complexity index is 273. The molecule has 7 heteroatoms. The quantitative estimate of drug-likeness (QED) is 0.165. The second-order valence-electron chi connectivity index (χ2n) is 3.18. The molecule has 0 unspecified atom stereocenters. The van der Waals surface area contributed by atoms with E-state index in [1.807, 2.05) is 6.92 Å². The molecule has 0 saturated carbocycles. The molecule has 0 bridgehead atoms. The number of carbonyl (C=O) groups excluding carboxylic acids is 2. The summed E-state index contributed by atoms with van der Waals surface area (Å²) in [5.74, 6) is 4.96. The molecule has 1 aliphatic heterocycles. The van der Waals surface area contributed by atoms with Crippen molar-refractivity contribution >= 4 is 17.8 Å². The molecule has 1 fully saturated rings. The van der Waals surface area contributed by atoms with Gasteiger partial charge in [0.15, 0.2) is 0 Å². The first-order chi connectivity index (χ1) is 7.17. The van der Waals surface area contributed by atoms with Crippen molar-refractivity contribution in [3.8, 4) is 0 Å². The van der Waals surface area contributed by atoms with Gasteiger partial charge in [0.1, 0.15) is 13.1 Å². The van der Waals surface area contributed by atoms with Crippen LogP contribution in [0.5, 0.6) is 0 Å². The van der Waals surface area contributed by atoms with Gasteiger partial charge in [-0.2, -0.15) is 0 Å². The molecule has 1 heterocycles. The van der Waals surface area contributed by atoms with E-state index in [0.29, 0.717) is 12.5 Å². The van der Waals surface area contributed by atoms with Crippen LogP contribution in [0.1, 0.15) is 13.3 Å². The van der Waals surface area contributed by atoms with E-state index in [2.05, 4.69) is 15.7 Å². The standard InChI is InChI=1S/C8H15N5O2/c1-2-3-10-8(12-9)13-4-6(14)11-7(15)5-13/h2-5,9H2,1H3,(H,10,12)(H,11,14,15). The van der Waals surface area contributed by atoms with E-state index in [0.717, 1.165) is 6.42 Å². The minimum Gasteiger partial charge on any atom is -0.323 e. The first-order valence-corrected chi connectivity index (χ1v) is 4.76. The predicted octanol–water partition coefficient (Wildman–Crippen LogP) is -1.83. The number of imide groups is 1. The van der Waals surface area contributed by atoms with Crippen molar-refractivity contribution < 1.29 is 9.59 Å². The largest absolute Gasteiger partial charge is 0.323 e. The van der Waals surface area contributed by atoms with Crippen LogP contribution >= 0.6 is 0 Å². The topological polar surface area (TPSA) is 99.8 Å². The Hall–Kier alpha value is -1.63. The maximum Gasteiger partial charge on any atom is 0.246 e. The molecular formula is C8H15N5O2. The number of carbonyl (C=O) groups is 2. The number of rotatable bonds is 2. The third-order valence-electron chi connectivity index (χ3n) is 1.86. The minimum atomic E-state index is -0.342. The summed E-state index contributed by atoms with van der Waals surface area (Å²) in [5.41, 5.74) is 2.39. The van der Waals surface area contributed by atoms with Crippen LogP contribution in [0.25, 0.3) is 0 Å². The van der Waals surface area contributed by atoms with Crippen molar-refractivity contribution in [3.63, 3.8) is 0 Å². The molecule has 4 N–H and O–H groups in total. The van der Waals surface area contributed by atoms with Crippen molar-refractivity contribution in [1.82, 2.24) is 15.6 Å². The summed E-state index contributed by atoms with van der Waals surface area (Å²) in [6.07, 6.45) is 0.874. The summed E-state index contributed by atoms with van der Waals surface area (Å²) in [6.45, 7) is 2.77. The molecule has 84 valence electrons. The number of hydrogen-bond donors (Lipinski definition) is 3. The van der Waals surface area contributed by atoms with E-state index >= 15 is 0 Å². The number of guanidine groups is 1. The molecular weight excluding hydrogens is 198 g/mol. The molecule has 0 aromatic heterocycles. The second kappa shape index (κ2) is 5.30. The molecule has 15 heavy (non-hydrogen) atoms. The summed E-state index contributed by atoms with van der Waals surface area (Å²) in [4.78, 5) is 27.8. The lowest BCUT2D eigenvalue weighted by Crippen LogP contribution is -2.57. The van der Waals surface area contributed by atoms with E-state index in [9.17, 15) is 9.59 Å². The molecule has 0 spiro atoms. The summed E-state index contributed by atoms with van der Waals surface area (Å²) in [7, 11) is 0. The number of aliphatic imine (C=N–C) groups is 1. The van der Waals surface area contributed by atoms with Crippen molar-refractivity contribution in [2.45, 2.75) is 13.3 Å². The third-order valence-corrected chi connectivity index (χ3v) is 1.86. The number of piperazine rings is 1. The Balaban J connectivity index is 2.67. The first kappa shape index (κ1) is 11.4. The van der Waals surface area contributed by atoms with Crippen molar-refractivity contribution in [1.29, 1.82) is 0 Å². The zero-order chi connectivity index (χ0) is 11.3. The fraction of sp³-hybridized carbons (Fsp3) is 0.625. The number of amides is 2. The fourth-order valence-corrected chi connectivity index (χ4v) is 1.24. The highest BCUT2D eigenvalue weighted by atomic mass is 16.2. The van der Waals surface area contributed by atoms with Gasteiger partial charge < -0.3 is 4.90 Å². The Labute approximate surface area is 87.7 Å². The van der Waals surface area contributed by atoms with Gasteiger partial charge in [-0.1, -0.05) is 6.92 Å². The molecule has 0 aliphatic carbocycles. The second-order valence-corrected chi connectivity index (χ2v) is 3.18. The SMILES string of the molecule is CCCN=C(NN)N1CC(=O)NC(=O)C1. The highest BCUT2D eigenvalue weighted by molar-refractivity contribution is 6.02. The maximum atomic E-state index is 11.1. The van der Waals surface area contributed by atoms with Gasteiger partial charge in [-0.15, -0.1) is 0 Å². The zero-order valence-corrected chi connectivity index (χ0v) is 8.62. The molecule has 7 nitrogen and oxygen atoms in total.